The summed E-state index contributed by atoms with van der Waals surface area (Å²) in [5.41, 5.74) is 1.97. The van der Waals surface area contributed by atoms with Crippen LogP contribution in [0.1, 0.15) is 33.3 Å². The molecule has 1 aromatic heterocycles. The van der Waals surface area contributed by atoms with Gasteiger partial charge in [0.2, 0.25) is 0 Å². The number of para-hydroxylation sites is 1. The Labute approximate surface area is 167 Å². The minimum atomic E-state index is -0.517. The molecule has 0 aliphatic heterocycles. The number of amides is 1. The van der Waals surface area contributed by atoms with Gasteiger partial charge in [0.15, 0.2) is 0 Å². The normalized spacial score (nSPS) is 9.93. The lowest BCUT2D eigenvalue weighted by molar-refractivity contribution is 0.0527. The lowest BCUT2D eigenvalue weighted by Gasteiger charge is -2.10. The van der Waals surface area contributed by atoms with Crippen molar-refractivity contribution in [2.75, 3.05) is 17.2 Å². The third kappa shape index (κ3) is 4.93. The molecule has 29 heavy (non-hydrogen) atoms. The van der Waals surface area contributed by atoms with Gasteiger partial charge in [0.1, 0.15) is 11.5 Å². The zero-order valence-electron chi connectivity index (χ0n) is 15.5. The number of rotatable bonds is 6. The van der Waals surface area contributed by atoms with Crippen LogP contribution in [0.5, 0.6) is 0 Å². The summed E-state index contributed by atoms with van der Waals surface area (Å²) in [6.07, 6.45) is 2.75. The Hall–Kier alpha value is -4.25. The number of nitrogens with one attached hydrogen (secondary N) is 2. The fourth-order valence-corrected chi connectivity index (χ4v) is 2.45. The second-order valence-electron chi connectivity index (χ2n) is 5.82. The highest BCUT2D eigenvalue weighted by Crippen LogP contribution is 2.18. The van der Waals surface area contributed by atoms with Crippen LogP contribution in [0.4, 0.5) is 17.2 Å². The maximum atomic E-state index is 12.5. The number of carbonyl (C=O) groups is 2. The van der Waals surface area contributed by atoms with E-state index >= 15 is 0 Å². The number of esters is 1. The number of ether oxygens (including phenoxy) is 1. The number of nitrogens with zero attached hydrogens (tertiary/aromatic N) is 3. The number of benzene rings is 2. The van der Waals surface area contributed by atoms with Crippen molar-refractivity contribution in [3.05, 3.63) is 77.7 Å². The highest BCUT2D eigenvalue weighted by Gasteiger charge is 2.15. The molecule has 1 heterocycles. The van der Waals surface area contributed by atoms with Gasteiger partial charge in [-0.1, -0.05) is 12.1 Å². The summed E-state index contributed by atoms with van der Waals surface area (Å²) < 4.78 is 5.00. The van der Waals surface area contributed by atoms with Gasteiger partial charge in [-0.2, -0.15) is 5.26 Å². The molecule has 0 fully saturated rings. The molecule has 0 aliphatic rings. The Morgan fingerprint density at radius 3 is 2.48 bits per heavy atom. The molecular formula is C21H17N5O3. The Bertz CT molecular complexity index is 1060. The average molecular weight is 387 g/mol. The van der Waals surface area contributed by atoms with E-state index < -0.39 is 11.9 Å². The fourth-order valence-electron chi connectivity index (χ4n) is 2.45. The molecular weight excluding hydrogens is 370 g/mol. The summed E-state index contributed by atoms with van der Waals surface area (Å²) in [6, 6.07) is 15.5. The van der Waals surface area contributed by atoms with Gasteiger partial charge >= 0.3 is 5.97 Å². The molecule has 0 aliphatic carbocycles. The molecule has 0 saturated carbocycles. The largest absolute Gasteiger partial charge is 0.462 e. The number of hydrogen-bond acceptors (Lipinski definition) is 7. The molecule has 2 aromatic carbocycles. The van der Waals surface area contributed by atoms with Crippen molar-refractivity contribution in [2.24, 2.45) is 0 Å². The highest BCUT2D eigenvalue weighted by atomic mass is 16.5. The van der Waals surface area contributed by atoms with E-state index in [2.05, 4.69) is 20.6 Å². The number of hydrogen-bond donors (Lipinski definition) is 2. The lowest BCUT2D eigenvalue weighted by atomic mass is 10.1. The Morgan fingerprint density at radius 2 is 1.83 bits per heavy atom. The predicted molar refractivity (Wildman–Crippen MR) is 107 cm³/mol. The van der Waals surface area contributed by atoms with Crippen molar-refractivity contribution in [2.45, 2.75) is 6.92 Å². The van der Waals surface area contributed by atoms with Crippen LogP contribution >= 0.6 is 0 Å². The van der Waals surface area contributed by atoms with Crippen LogP contribution < -0.4 is 10.6 Å². The number of carbonyl (C=O) groups excluding carboxylic acids is 2. The standard InChI is InChI=1S/C21H17N5O3/c1-2-29-21(28)16-5-3-4-6-17(16)26-20(27)18-12-24-19(13-23-18)25-15-9-7-14(11-22)8-10-15/h3-10,12-13H,2H2,1H3,(H,24,25)(H,26,27). The van der Waals surface area contributed by atoms with E-state index in [0.29, 0.717) is 17.1 Å². The lowest BCUT2D eigenvalue weighted by Crippen LogP contribution is -2.17. The van der Waals surface area contributed by atoms with Gasteiger partial charge in [0.25, 0.3) is 5.91 Å². The van der Waals surface area contributed by atoms with Gasteiger partial charge in [0.05, 0.1) is 41.9 Å². The summed E-state index contributed by atoms with van der Waals surface area (Å²) in [5, 5.41) is 14.5. The molecule has 2 N–H and O–H groups in total. The number of anilines is 3. The van der Waals surface area contributed by atoms with Crippen LogP contribution in [-0.4, -0.2) is 28.5 Å². The maximum Gasteiger partial charge on any atom is 0.340 e. The molecule has 1 amide bonds. The molecule has 0 radical (unpaired) electrons. The van der Waals surface area contributed by atoms with Crippen LogP contribution in [0.25, 0.3) is 0 Å². The van der Waals surface area contributed by atoms with Crippen molar-refractivity contribution in [1.82, 2.24) is 9.97 Å². The summed E-state index contributed by atoms with van der Waals surface area (Å²) in [7, 11) is 0. The van der Waals surface area contributed by atoms with Crippen molar-refractivity contribution in [1.29, 1.82) is 5.26 Å². The molecule has 144 valence electrons. The van der Waals surface area contributed by atoms with E-state index in [1.165, 1.54) is 12.4 Å². The van der Waals surface area contributed by atoms with Crippen LogP contribution in [0.15, 0.2) is 60.9 Å². The topological polar surface area (TPSA) is 117 Å². The Balaban J connectivity index is 1.69. The van der Waals surface area contributed by atoms with Crippen LogP contribution in [0.2, 0.25) is 0 Å². The smallest absolute Gasteiger partial charge is 0.340 e. The van der Waals surface area contributed by atoms with Crippen molar-refractivity contribution >= 4 is 29.1 Å². The average Bonchev–Trinajstić information content (AvgIpc) is 2.75. The first-order chi connectivity index (χ1) is 14.1. The van der Waals surface area contributed by atoms with Crippen LogP contribution in [0, 0.1) is 11.3 Å². The van der Waals surface area contributed by atoms with Gasteiger partial charge in [-0.3, -0.25) is 4.79 Å². The third-order valence-electron chi connectivity index (χ3n) is 3.84. The van der Waals surface area contributed by atoms with Crippen molar-refractivity contribution in [3.8, 4) is 6.07 Å². The zero-order chi connectivity index (χ0) is 20.6. The monoisotopic (exact) mass is 387 g/mol. The second kappa shape index (κ2) is 9.10. The molecule has 8 heteroatoms. The Kier molecular flexibility index (Phi) is 6.12. The van der Waals surface area contributed by atoms with E-state index in [-0.39, 0.29) is 17.9 Å². The van der Waals surface area contributed by atoms with Crippen molar-refractivity contribution in [3.63, 3.8) is 0 Å². The summed E-state index contributed by atoms with van der Waals surface area (Å²) >= 11 is 0. The van der Waals surface area contributed by atoms with Crippen molar-refractivity contribution < 1.29 is 14.3 Å². The van der Waals surface area contributed by atoms with Crippen LogP contribution in [0.3, 0.4) is 0 Å². The highest BCUT2D eigenvalue weighted by molar-refractivity contribution is 6.07. The summed E-state index contributed by atoms with van der Waals surface area (Å²) in [4.78, 5) is 32.8. The van der Waals surface area contributed by atoms with Gasteiger partial charge < -0.3 is 15.4 Å². The minimum absolute atomic E-state index is 0.0917. The molecule has 0 unspecified atom stereocenters. The number of nitriles is 1. The molecule has 0 bridgehead atoms. The SMILES string of the molecule is CCOC(=O)c1ccccc1NC(=O)c1cnc(Nc2ccc(C#N)cc2)cn1. The van der Waals surface area contributed by atoms with Gasteiger partial charge in [-0.15, -0.1) is 0 Å². The minimum Gasteiger partial charge on any atom is -0.462 e. The van der Waals surface area contributed by atoms with E-state index in [9.17, 15) is 9.59 Å². The van der Waals surface area contributed by atoms with Gasteiger partial charge in [0, 0.05) is 5.69 Å². The zero-order valence-corrected chi connectivity index (χ0v) is 15.5. The first-order valence-corrected chi connectivity index (χ1v) is 8.77. The number of aromatic nitrogens is 2. The molecule has 0 saturated heterocycles. The second-order valence-corrected chi connectivity index (χ2v) is 5.82. The molecule has 0 spiro atoms. The quantitative estimate of drug-likeness (QED) is 0.621. The molecule has 0 atom stereocenters. The molecule has 8 nitrogen and oxygen atoms in total. The van der Waals surface area contributed by atoms with Gasteiger partial charge in [-0.25, -0.2) is 14.8 Å². The first-order valence-electron chi connectivity index (χ1n) is 8.77. The third-order valence-corrected chi connectivity index (χ3v) is 3.84. The van der Waals surface area contributed by atoms with E-state index in [0.717, 1.165) is 5.69 Å². The summed E-state index contributed by atoms with van der Waals surface area (Å²) in [5.74, 6) is -0.575. The van der Waals surface area contributed by atoms with E-state index in [4.69, 9.17) is 10.00 Å². The summed E-state index contributed by atoms with van der Waals surface area (Å²) in [6.45, 7) is 1.95. The van der Waals surface area contributed by atoms with E-state index in [1.54, 1.807) is 55.5 Å². The van der Waals surface area contributed by atoms with E-state index in [1.807, 2.05) is 6.07 Å². The fraction of sp³-hybridized carbons (Fsp3) is 0.0952. The predicted octanol–water partition coefficient (Wildman–Crippen LogP) is 3.52. The maximum absolute atomic E-state index is 12.5. The Morgan fingerprint density at radius 1 is 1.07 bits per heavy atom. The first kappa shape index (κ1) is 19.5. The molecule has 3 aromatic rings. The molecule has 3 rings (SSSR count). The van der Waals surface area contributed by atoms with Gasteiger partial charge in [-0.05, 0) is 43.3 Å². The van der Waals surface area contributed by atoms with Crippen LogP contribution in [-0.2, 0) is 4.74 Å².